The van der Waals surface area contributed by atoms with Gasteiger partial charge in [0.05, 0.1) is 5.60 Å². The van der Waals surface area contributed by atoms with E-state index in [0.29, 0.717) is 10.8 Å². The Labute approximate surface area is 149 Å². The molecule has 0 heterocycles. The van der Waals surface area contributed by atoms with Crippen molar-refractivity contribution < 1.29 is 5.11 Å². The van der Waals surface area contributed by atoms with Crippen molar-refractivity contribution in [1.29, 1.82) is 0 Å². The highest BCUT2D eigenvalue weighted by Gasteiger charge is 2.59. The molecule has 0 amide bonds. The fourth-order valence-electron chi connectivity index (χ4n) is 8.07. The maximum Gasteiger partial charge on any atom is 0.0622 e. The second kappa shape index (κ2) is 5.35. The Bertz CT molecular complexity index is 554. The molecule has 0 bridgehead atoms. The van der Waals surface area contributed by atoms with E-state index in [1.807, 2.05) is 5.57 Å². The highest BCUT2D eigenvalue weighted by Crippen LogP contribution is 2.68. The van der Waals surface area contributed by atoms with Crippen LogP contribution in [0.3, 0.4) is 0 Å². The highest BCUT2D eigenvalue weighted by molar-refractivity contribution is 5.27. The minimum absolute atomic E-state index is 0.400. The smallest absolute Gasteiger partial charge is 0.0622 e. The summed E-state index contributed by atoms with van der Waals surface area (Å²) in [5.41, 5.74) is 4.02. The van der Waals surface area contributed by atoms with Gasteiger partial charge in [-0.05, 0) is 113 Å². The third-order valence-corrected chi connectivity index (χ3v) is 9.34. The van der Waals surface area contributed by atoms with Gasteiger partial charge in [-0.15, -0.1) is 0 Å². The van der Waals surface area contributed by atoms with Gasteiger partial charge in [-0.25, -0.2) is 0 Å². The summed E-state index contributed by atoms with van der Waals surface area (Å²) >= 11 is 0. The maximum atomic E-state index is 10.6. The Hall–Kier alpha value is -0.300. The van der Waals surface area contributed by atoms with Gasteiger partial charge in [-0.2, -0.15) is 0 Å². The molecule has 1 nitrogen and oxygen atoms in total. The molecule has 0 saturated heterocycles. The summed E-state index contributed by atoms with van der Waals surface area (Å²) in [4.78, 5) is 0. The van der Waals surface area contributed by atoms with Crippen LogP contribution in [0, 0.1) is 34.5 Å². The zero-order chi connectivity index (χ0) is 17.3. The first-order valence-electron chi connectivity index (χ1n) is 10.6. The van der Waals surface area contributed by atoms with Gasteiger partial charge in [-0.3, -0.25) is 0 Å². The van der Waals surface area contributed by atoms with Crippen LogP contribution < -0.4 is 0 Å². The summed E-state index contributed by atoms with van der Waals surface area (Å²) in [6.45, 7) is 12.0. The number of allylic oxidation sites excluding steroid dienone is 2. The number of rotatable bonds is 0. The molecule has 4 saturated carbocycles. The van der Waals surface area contributed by atoms with Gasteiger partial charge in [0.25, 0.3) is 0 Å². The van der Waals surface area contributed by atoms with Gasteiger partial charge in [0.15, 0.2) is 0 Å². The molecule has 0 spiro atoms. The maximum absolute atomic E-state index is 10.6. The fourth-order valence-corrected chi connectivity index (χ4v) is 8.07. The average molecular weight is 331 g/mol. The van der Waals surface area contributed by atoms with Crippen molar-refractivity contribution in [2.45, 2.75) is 98.0 Å². The Morgan fingerprint density at radius 3 is 2.38 bits per heavy atom. The van der Waals surface area contributed by atoms with Crippen LogP contribution in [-0.2, 0) is 0 Å². The molecule has 7 atom stereocenters. The molecular weight excluding hydrogens is 292 g/mol. The molecule has 4 aliphatic carbocycles. The van der Waals surface area contributed by atoms with Crippen LogP contribution in [0.1, 0.15) is 92.4 Å². The van der Waals surface area contributed by atoms with Gasteiger partial charge in [0.1, 0.15) is 0 Å². The van der Waals surface area contributed by atoms with E-state index in [1.165, 1.54) is 44.9 Å². The predicted molar refractivity (Wildman–Crippen MR) is 101 cm³/mol. The molecule has 136 valence electrons. The molecule has 0 aliphatic heterocycles. The minimum atomic E-state index is -0.400. The van der Waals surface area contributed by atoms with Crippen LogP contribution in [0.4, 0.5) is 0 Å². The lowest BCUT2D eigenvalue weighted by atomic mass is 9.44. The quantitative estimate of drug-likeness (QED) is 0.531. The number of fused-ring (bicyclic) bond motifs is 5. The molecule has 0 aromatic carbocycles. The van der Waals surface area contributed by atoms with Crippen LogP contribution in [0.5, 0.6) is 0 Å². The van der Waals surface area contributed by atoms with E-state index in [-0.39, 0.29) is 0 Å². The van der Waals surface area contributed by atoms with Crippen LogP contribution in [0.15, 0.2) is 11.1 Å². The minimum Gasteiger partial charge on any atom is -0.390 e. The number of hydrogen-bond donors (Lipinski definition) is 1. The lowest BCUT2D eigenvalue weighted by Crippen LogP contribution is -2.55. The molecule has 0 radical (unpaired) electrons. The van der Waals surface area contributed by atoms with Crippen molar-refractivity contribution in [1.82, 2.24) is 0 Å². The molecule has 1 heteroatoms. The Morgan fingerprint density at radius 1 is 0.917 bits per heavy atom. The summed E-state index contributed by atoms with van der Waals surface area (Å²) in [7, 11) is 0. The van der Waals surface area contributed by atoms with Crippen LogP contribution in [-0.4, -0.2) is 10.7 Å². The predicted octanol–water partition coefficient (Wildman–Crippen LogP) is 6.12. The normalized spacial score (nSPS) is 54.0. The average Bonchev–Trinajstić information content (AvgIpc) is 2.85. The third-order valence-electron chi connectivity index (χ3n) is 9.34. The molecule has 1 N–H and O–H groups in total. The second-order valence-electron chi connectivity index (χ2n) is 10.8. The third kappa shape index (κ3) is 2.29. The molecule has 4 fully saturated rings. The van der Waals surface area contributed by atoms with E-state index >= 15 is 0 Å². The molecule has 4 aliphatic rings. The van der Waals surface area contributed by atoms with Crippen molar-refractivity contribution in [3.63, 3.8) is 0 Å². The van der Waals surface area contributed by atoms with Crippen molar-refractivity contribution in [2.75, 3.05) is 0 Å². The largest absolute Gasteiger partial charge is 0.390 e. The van der Waals surface area contributed by atoms with E-state index in [1.54, 1.807) is 5.57 Å². The van der Waals surface area contributed by atoms with Crippen molar-refractivity contribution >= 4 is 0 Å². The first-order chi connectivity index (χ1) is 11.2. The number of hydrogen-bond acceptors (Lipinski definition) is 1. The summed E-state index contributed by atoms with van der Waals surface area (Å²) in [6, 6.07) is 0. The fraction of sp³-hybridized carbons (Fsp3) is 0.913. The Kier molecular flexibility index (Phi) is 3.82. The Morgan fingerprint density at radius 2 is 1.67 bits per heavy atom. The van der Waals surface area contributed by atoms with Crippen LogP contribution in [0.25, 0.3) is 0 Å². The van der Waals surface area contributed by atoms with E-state index in [4.69, 9.17) is 0 Å². The lowest BCUT2D eigenvalue weighted by Gasteiger charge is -2.61. The van der Waals surface area contributed by atoms with Gasteiger partial charge >= 0.3 is 0 Å². The first kappa shape index (κ1) is 17.1. The lowest BCUT2D eigenvalue weighted by molar-refractivity contribution is -0.139. The van der Waals surface area contributed by atoms with Crippen molar-refractivity contribution in [3.05, 3.63) is 11.1 Å². The topological polar surface area (TPSA) is 20.2 Å². The summed E-state index contributed by atoms with van der Waals surface area (Å²) in [6.07, 6.45) is 11.8. The van der Waals surface area contributed by atoms with E-state index in [0.717, 1.165) is 36.5 Å². The molecule has 0 aromatic rings. The van der Waals surface area contributed by atoms with Gasteiger partial charge in [-0.1, -0.05) is 25.0 Å². The van der Waals surface area contributed by atoms with Crippen LogP contribution >= 0.6 is 0 Å². The highest BCUT2D eigenvalue weighted by atomic mass is 16.3. The standard InChI is InChI=1S/C23H38O/c1-15(2)18-8-9-19-17-7-6-16-14-21(3,24)12-13-22(16,4)20(17)10-11-23(18,19)5/h16-17,19-20,24H,6-14H2,1-5H3/t16-,17?,19-,20?,21+,22-,23+/m0/s1. The van der Waals surface area contributed by atoms with Gasteiger partial charge < -0.3 is 5.11 Å². The zero-order valence-electron chi connectivity index (χ0n) is 16.6. The molecular formula is C23H38O. The summed E-state index contributed by atoms with van der Waals surface area (Å²) in [5.74, 6) is 3.56. The number of aliphatic hydroxyl groups is 1. The molecule has 4 rings (SSSR count). The van der Waals surface area contributed by atoms with Crippen LogP contribution in [0.2, 0.25) is 0 Å². The molecule has 0 aromatic heterocycles. The zero-order valence-corrected chi connectivity index (χ0v) is 16.6. The van der Waals surface area contributed by atoms with E-state index in [9.17, 15) is 5.11 Å². The van der Waals surface area contributed by atoms with Gasteiger partial charge in [0.2, 0.25) is 0 Å². The molecule has 24 heavy (non-hydrogen) atoms. The monoisotopic (exact) mass is 330 g/mol. The Balaban J connectivity index is 1.64. The van der Waals surface area contributed by atoms with Crippen molar-refractivity contribution in [3.8, 4) is 0 Å². The summed E-state index contributed by atoms with van der Waals surface area (Å²) in [5, 5.41) is 10.6. The second-order valence-corrected chi connectivity index (χ2v) is 10.8. The first-order valence-corrected chi connectivity index (χ1v) is 10.6. The SMILES string of the molecule is CC(C)=C1CC[C@H]2C3CC[C@H]4C[C@](C)(O)CC[C@]4(C)C3CC[C@]12C. The van der Waals surface area contributed by atoms with E-state index < -0.39 is 5.60 Å². The van der Waals surface area contributed by atoms with Crippen molar-refractivity contribution in [2.24, 2.45) is 34.5 Å². The molecule has 2 unspecified atom stereocenters. The summed E-state index contributed by atoms with van der Waals surface area (Å²) < 4.78 is 0. The van der Waals surface area contributed by atoms with E-state index in [2.05, 4.69) is 34.6 Å². The van der Waals surface area contributed by atoms with Gasteiger partial charge in [0, 0.05) is 0 Å².